The predicted octanol–water partition coefficient (Wildman–Crippen LogP) is 5.52. The van der Waals surface area contributed by atoms with Crippen LogP contribution in [-0.2, 0) is 0 Å². The molecule has 140 valence electrons. The van der Waals surface area contributed by atoms with Crippen molar-refractivity contribution in [3.05, 3.63) is 59.6 Å². The van der Waals surface area contributed by atoms with Crippen LogP contribution in [0.1, 0.15) is 13.8 Å². The van der Waals surface area contributed by atoms with E-state index in [1.165, 1.54) is 25.4 Å². The Hall–Kier alpha value is -2.86. The van der Waals surface area contributed by atoms with Crippen molar-refractivity contribution in [1.29, 1.82) is 0 Å². The molecule has 0 radical (unpaired) electrons. The normalized spacial score (nSPS) is 10.7. The predicted molar refractivity (Wildman–Crippen MR) is 101 cm³/mol. The molecule has 1 aromatic carbocycles. The summed E-state index contributed by atoms with van der Waals surface area (Å²) in [6.45, 7) is 3.76. The summed E-state index contributed by atoms with van der Waals surface area (Å²) >= 11 is 6.20. The number of pyridine rings is 2. The summed E-state index contributed by atoms with van der Waals surface area (Å²) in [5, 5.41) is 0.304. The molecule has 0 aliphatic rings. The second-order valence-corrected chi connectivity index (χ2v) is 6.33. The maximum absolute atomic E-state index is 13.8. The van der Waals surface area contributed by atoms with Crippen LogP contribution in [0, 0.1) is 5.82 Å². The molecule has 0 N–H and O–H groups in total. The highest BCUT2D eigenvalue weighted by molar-refractivity contribution is 6.31. The van der Waals surface area contributed by atoms with Crippen LogP contribution in [0.25, 0.3) is 11.1 Å². The minimum atomic E-state index is -0.435. The molecule has 3 aromatic rings. The van der Waals surface area contributed by atoms with Gasteiger partial charge in [-0.2, -0.15) is 0 Å². The number of rotatable bonds is 6. The zero-order chi connectivity index (χ0) is 19.4. The van der Waals surface area contributed by atoms with Crippen LogP contribution in [0.5, 0.6) is 23.3 Å². The first-order valence-corrected chi connectivity index (χ1v) is 8.64. The first kappa shape index (κ1) is 18.9. The van der Waals surface area contributed by atoms with Crippen LogP contribution in [-0.4, -0.2) is 23.2 Å². The largest absolute Gasteiger partial charge is 0.481 e. The van der Waals surface area contributed by atoms with Crippen LogP contribution in [0.4, 0.5) is 4.39 Å². The average Bonchev–Trinajstić information content (AvgIpc) is 2.64. The highest BCUT2D eigenvalue weighted by Gasteiger charge is 2.15. The SMILES string of the molecule is COc1ncccc1-c1ccc(F)cc1Oc1cnc(OC(C)C)c(Cl)c1. The Bertz CT molecular complexity index is 950. The Morgan fingerprint density at radius 3 is 2.56 bits per heavy atom. The zero-order valence-electron chi connectivity index (χ0n) is 15.1. The Morgan fingerprint density at radius 2 is 1.85 bits per heavy atom. The summed E-state index contributed by atoms with van der Waals surface area (Å²) in [7, 11) is 1.52. The standard InChI is InChI=1S/C20H18ClFN2O3/c1-12(2)26-20-17(21)10-14(11-24-20)27-18-9-13(22)6-7-15(18)16-5-4-8-23-19(16)25-3/h4-12H,1-3H3. The molecule has 0 aliphatic carbocycles. The van der Waals surface area contributed by atoms with Crippen LogP contribution in [0.15, 0.2) is 48.8 Å². The summed E-state index contributed by atoms with van der Waals surface area (Å²) in [5.74, 6) is 0.927. The van der Waals surface area contributed by atoms with E-state index in [0.29, 0.717) is 33.7 Å². The number of benzene rings is 1. The molecule has 2 heterocycles. The van der Waals surface area contributed by atoms with E-state index >= 15 is 0 Å². The van der Waals surface area contributed by atoms with Gasteiger partial charge < -0.3 is 14.2 Å². The van der Waals surface area contributed by atoms with E-state index < -0.39 is 5.82 Å². The lowest BCUT2D eigenvalue weighted by molar-refractivity contribution is 0.232. The zero-order valence-corrected chi connectivity index (χ0v) is 15.8. The number of halogens is 2. The number of aromatic nitrogens is 2. The molecule has 27 heavy (non-hydrogen) atoms. The van der Waals surface area contributed by atoms with E-state index in [4.69, 9.17) is 25.8 Å². The fraction of sp³-hybridized carbons (Fsp3) is 0.200. The number of hydrogen-bond acceptors (Lipinski definition) is 5. The molecule has 2 aromatic heterocycles. The summed E-state index contributed by atoms with van der Waals surface area (Å²) in [5.41, 5.74) is 1.30. The van der Waals surface area contributed by atoms with Gasteiger partial charge in [-0.1, -0.05) is 11.6 Å². The molecule has 0 saturated carbocycles. The molecule has 0 fully saturated rings. The van der Waals surface area contributed by atoms with Gasteiger partial charge in [0, 0.05) is 29.5 Å². The fourth-order valence-electron chi connectivity index (χ4n) is 2.46. The Labute approximate surface area is 161 Å². The topological polar surface area (TPSA) is 53.5 Å². The fourth-order valence-corrected chi connectivity index (χ4v) is 2.66. The van der Waals surface area contributed by atoms with Crippen molar-refractivity contribution in [1.82, 2.24) is 9.97 Å². The molecule has 7 heteroatoms. The van der Waals surface area contributed by atoms with Crippen molar-refractivity contribution in [2.45, 2.75) is 20.0 Å². The van der Waals surface area contributed by atoms with Gasteiger partial charge >= 0.3 is 0 Å². The maximum atomic E-state index is 13.8. The summed E-state index contributed by atoms with van der Waals surface area (Å²) in [4.78, 5) is 8.34. The molecule has 0 saturated heterocycles. The Kier molecular flexibility index (Phi) is 5.76. The Morgan fingerprint density at radius 1 is 1.04 bits per heavy atom. The monoisotopic (exact) mass is 388 g/mol. The van der Waals surface area contributed by atoms with Crippen molar-refractivity contribution in [3.63, 3.8) is 0 Å². The second-order valence-electron chi connectivity index (χ2n) is 5.93. The van der Waals surface area contributed by atoms with Crippen LogP contribution >= 0.6 is 11.6 Å². The van der Waals surface area contributed by atoms with Gasteiger partial charge in [0.1, 0.15) is 22.3 Å². The van der Waals surface area contributed by atoms with Gasteiger partial charge in [0.15, 0.2) is 0 Å². The number of hydrogen-bond donors (Lipinski definition) is 0. The quantitative estimate of drug-likeness (QED) is 0.556. The molecule has 0 bridgehead atoms. The highest BCUT2D eigenvalue weighted by atomic mass is 35.5. The molecule has 0 atom stereocenters. The van der Waals surface area contributed by atoms with E-state index in [0.717, 1.165) is 0 Å². The van der Waals surface area contributed by atoms with Gasteiger partial charge in [0.05, 0.1) is 19.4 Å². The van der Waals surface area contributed by atoms with Crippen LogP contribution in [0.3, 0.4) is 0 Å². The molecule has 0 spiro atoms. The number of methoxy groups -OCH3 is 1. The van der Waals surface area contributed by atoms with Crippen LogP contribution in [0.2, 0.25) is 5.02 Å². The molecule has 0 amide bonds. The minimum absolute atomic E-state index is 0.0605. The van der Waals surface area contributed by atoms with Gasteiger partial charge in [0.25, 0.3) is 0 Å². The van der Waals surface area contributed by atoms with Crippen molar-refractivity contribution in [2.24, 2.45) is 0 Å². The van der Waals surface area contributed by atoms with Gasteiger partial charge in [0.2, 0.25) is 11.8 Å². The van der Waals surface area contributed by atoms with Crippen molar-refractivity contribution in [2.75, 3.05) is 7.11 Å². The van der Waals surface area contributed by atoms with E-state index in [1.807, 2.05) is 19.9 Å². The summed E-state index contributed by atoms with van der Waals surface area (Å²) < 4.78 is 30.5. The van der Waals surface area contributed by atoms with E-state index in [9.17, 15) is 4.39 Å². The number of nitrogens with zero attached hydrogens (tertiary/aromatic N) is 2. The maximum Gasteiger partial charge on any atom is 0.233 e. The first-order valence-electron chi connectivity index (χ1n) is 8.27. The second kappa shape index (κ2) is 8.22. The molecule has 3 rings (SSSR count). The lowest BCUT2D eigenvalue weighted by Crippen LogP contribution is -2.07. The third-order valence-electron chi connectivity index (χ3n) is 3.56. The molecule has 5 nitrogen and oxygen atoms in total. The van der Waals surface area contributed by atoms with Crippen molar-refractivity contribution in [3.8, 4) is 34.4 Å². The van der Waals surface area contributed by atoms with Gasteiger partial charge in [-0.3, -0.25) is 0 Å². The highest BCUT2D eigenvalue weighted by Crippen LogP contribution is 2.38. The van der Waals surface area contributed by atoms with E-state index in [1.54, 1.807) is 24.4 Å². The molecular weight excluding hydrogens is 371 g/mol. The summed E-state index contributed by atoms with van der Waals surface area (Å²) in [6, 6.07) is 9.39. The average molecular weight is 389 g/mol. The smallest absolute Gasteiger partial charge is 0.233 e. The van der Waals surface area contributed by atoms with Crippen LogP contribution < -0.4 is 14.2 Å². The van der Waals surface area contributed by atoms with E-state index in [2.05, 4.69) is 9.97 Å². The molecule has 0 unspecified atom stereocenters. The van der Waals surface area contributed by atoms with Gasteiger partial charge in [-0.15, -0.1) is 0 Å². The van der Waals surface area contributed by atoms with Crippen molar-refractivity contribution >= 4 is 11.6 Å². The third-order valence-corrected chi connectivity index (χ3v) is 3.83. The van der Waals surface area contributed by atoms with Crippen molar-refractivity contribution < 1.29 is 18.6 Å². The lowest BCUT2D eigenvalue weighted by Gasteiger charge is -2.14. The van der Waals surface area contributed by atoms with Gasteiger partial charge in [-0.25, -0.2) is 14.4 Å². The third kappa shape index (κ3) is 4.46. The summed E-state index contributed by atoms with van der Waals surface area (Å²) in [6.07, 6.45) is 3.03. The Balaban J connectivity index is 1.98. The number of ether oxygens (including phenoxy) is 3. The molecule has 0 aliphatic heterocycles. The van der Waals surface area contributed by atoms with Gasteiger partial charge in [-0.05, 0) is 38.1 Å². The first-order chi connectivity index (χ1) is 13.0. The minimum Gasteiger partial charge on any atom is -0.481 e. The molecular formula is C20H18ClFN2O3. The lowest BCUT2D eigenvalue weighted by atomic mass is 10.1. The van der Waals surface area contributed by atoms with E-state index in [-0.39, 0.29) is 11.9 Å².